The van der Waals surface area contributed by atoms with Gasteiger partial charge in [0.25, 0.3) is 0 Å². The molecule has 0 unspecified atom stereocenters. The molecule has 0 aromatic carbocycles. The molecule has 2 aliphatic rings. The lowest BCUT2D eigenvalue weighted by Gasteiger charge is -2.35. The van der Waals surface area contributed by atoms with Crippen LogP contribution < -0.4 is 0 Å². The molecule has 1 saturated heterocycles. The molecule has 21 heavy (non-hydrogen) atoms. The first kappa shape index (κ1) is 17.1. The van der Waals surface area contributed by atoms with Crippen LogP contribution in [0.15, 0.2) is 0 Å². The summed E-state index contributed by atoms with van der Waals surface area (Å²) in [6.07, 6.45) is 4.18. The summed E-state index contributed by atoms with van der Waals surface area (Å²) in [6, 6.07) is 0. The Morgan fingerprint density at radius 1 is 0.857 bits per heavy atom. The van der Waals surface area contributed by atoms with E-state index in [-0.39, 0.29) is 5.79 Å². The van der Waals surface area contributed by atoms with Crippen LogP contribution >= 0.6 is 0 Å². The Hall–Kier alpha value is -0.240. The first-order chi connectivity index (χ1) is 10.3. The molecule has 0 aromatic rings. The number of rotatable bonds is 10. The number of hydrogen-bond acceptors (Lipinski definition) is 6. The average Bonchev–Trinajstić information content (AvgIpc) is 2.96. The van der Waals surface area contributed by atoms with Crippen LogP contribution in [0.5, 0.6) is 0 Å². The SMILES string of the molecule is COCCOCCOCCOC1CCC2(CC1)OCCO2. The Balaban J connectivity index is 1.40. The molecule has 0 radical (unpaired) electrons. The Morgan fingerprint density at radius 2 is 1.43 bits per heavy atom. The lowest BCUT2D eigenvalue weighted by atomic mass is 9.92. The monoisotopic (exact) mass is 304 g/mol. The van der Waals surface area contributed by atoms with E-state index >= 15 is 0 Å². The fourth-order valence-corrected chi connectivity index (χ4v) is 2.72. The molecule has 1 aliphatic heterocycles. The van der Waals surface area contributed by atoms with Crippen molar-refractivity contribution in [2.45, 2.75) is 37.6 Å². The third-order valence-electron chi connectivity index (χ3n) is 3.89. The van der Waals surface area contributed by atoms with Crippen LogP contribution in [-0.2, 0) is 28.4 Å². The lowest BCUT2D eigenvalue weighted by Crippen LogP contribution is -2.37. The second kappa shape index (κ2) is 9.71. The molecular formula is C15H28O6. The zero-order chi connectivity index (χ0) is 14.8. The zero-order valence-electron chi connectivity index (χ0n) is 13.0. The molecule has 0 bridgehead atoms. The Morgan fingerprint density at radius 3 is 2.05 bits per heavy atom. The maximum atomic E-state index is 5.83. The van der Waals surface area contributed by atoms with Gasteiger partial charge in [0.05, 0.1) is 59.0 Å². The van der Waals surface area contributed by atoms with Crippen LogP contribution in [0, 0.1) is 0 Å². The van der Waals surface area contributed by atoms with Crippen molar-refractivity contribution < 1.29 is 28.4 Å². The van der Waals surface area contributed by atoms with E-state index in [0.717, 1.165) is 38.9 Å². The standard InChI is InChI=1S/C15H28O6/c1-16-6-7-17-8-9-18-10-11-19-14-2-4-15(5-3-14)20-12-13-21-15/h14H,2-13H2,1H3. The number of hydrogen-bond donors (Lipinski definition) is 0. The van der Waals surface area contributed by atoms with Gasteiger partial charge in [0, 0.05) is 20.0 Å². The second-order valence-electron chi connectivity index (χ2n) is 5.40. The maximum absolute atomic E-state index is 5.83. The third-order valence-corrected chi connectivity index (χ3v) is 3.89. The summed E-state index contributed by atoms with van der Waals surface area (Å²) < 4.78 is 32.9. The van der Waals surface area contributed by atoms with E-state index in [2.05, 4.69) is 0 Å². The molecule has 0 atom stereocenters. The summed E-state index contributed by atoms with van der Waals surface area (Å²) in [5, 5.41) is 0. The van der Waals surface area contributed by atoms with E-state index in [1.165, 1.54) is 0 Å². The van der Waals surface area contributed by atoms with Gasteiger partial charge in [-0.05, 0) is 12.8 Å². The lowest BCUT2D eigenvalue weighted by molar-refractivity contribution is -0.192. The number of ether oxygens (including phenoxy) is 6. The minimum absolute atomic E-state index is 0.296. The molecule has 6 nitrogen and oxygen atoms in total. The minimum atomic E-state index is -0.296. The van der Waals surface area contributed by atoms with Crippen molar-refractivity contribution in [3.8, 4) is 0 Å². The van der Waals surface area contributed by atoms with E-state index in [0.29, 0.717) is 45.7 Å². The third kappa shape index (κ3) is 6.18. The van der Waals surface area contributed by atoms with Gasteiger partial charge in [0.1, 0.15) is 0 Å². The first-order valence-corrected chi connectivity index (χ1v) is 7.89. The van der Waals surface area contributed by atoms with Crippen molar-refractivity contribution in [2.75, 3.05) is 60.0 Å². The van der Waals surface area contributed by atoms with Gasteiger partial charge in [-0.2, -0.15) is 0 Å². The largest absolute Gasteiger partial charge is 0.382 e. The highest BCUT2D eigenvalue weighted by molar-refractivity contribution is 4.82. The van der Waals surface area contributed by atoms with Crippen molar-refractivity contribution in [1.82, 2.24) is 0 Å². The molecule has 2 fully saturated rings. The van der Waals surface area contributed by atoms with Crippen LogP contribution in [0.3, 0.4) is 0 Å². The van der Waals surface area contributed by atoms with Crippen molar-refractivity contribution >= 4 is 0 Å². The van der Waals surface area contributed by atoms with E-state index in [1.54, 1.807) is 7.11 Å². The average molecular weight is 304 g/mol. The maximum Gasteiger partial charge on any atom is 0.168 e. The van der Waals surface area contributed by atoms with E-state index in [9.17, 15) is 0 Å². The van der Waals surface area contributed by atoms with Gasteiger partial charge >= 0.3 is 0 Å². The van der Waals surface area contributed by atoms with Crippen molar-refractivity contribution in [3.05, 3.63) is 0 Å². The van der Waals surface area contributed by atoms with E-state index in [4.69, 9.17) is 28.4 Å². The Kier molecular flexibility index (Phi) is 7.92. The van der Waals surface area contributed by atoms with Crippen molar-refractivity contribution in [2.24, 2.45) is 0 Å². The quantitative estimate of drug-likeness (QED) is 0.568. The molecule has 1 saturated carbocycles. The van der Waals surface area contributed by atoms with Crippen LogP contribution in [-0.4, -0.2) is 71.9 Å². The highest BCUT2D eigenvalue weighted by atomic mass is 16.7. The Bertz CT molecular complexity index is 257. The van der Waals surface area contributed by atoms with Gasteiger partial charge < -0.3 is 28.4 Å². The fourth-order valence-electron chi connectivity index (χ4n) is 2.72. The highest BCUT2D eigenvalue weighted by Crippen LogP contribution is 2.36. The van der Waals surface area contributed by atoms with Crippen LogP contribution in [0.2, 0.25) is 0 Å². The Labute approximate surface area is 127 Å². The topological polar surface area (TPSA) is 55.4 Å². The molecule has 6 heteroatoms. The fraction of sp³-hybridized carbons (Fsp3) is 1.00. The van der Waals surface area contributed by atoms with Gasteiger partial charge in [-0.3, -0.25) is 0 Å². The summed E-state index contributed by atoms with van der Waals surface area (Å²) in [5.74, 6) is -0.296. The summed E-state index contributed by atoms with van der Waals surface area (Å²) in [6.45, 7) is 5.15. The molecule has 2 rings (SSSR count). The number of methoxy groups -OCH3 is 1. The van der Waals surface area contributed by atoms with Gasteiger partial charge in [-0.15, -0.1) is 0 Å². The summed E-state index contributed by atoms with van der Waals surface area (Å²) in [4.78, 5) is 0. The smallest absolute Gasteiger partial charge is 0.168 e. The summed E-state index contributed by atoms with van der Waals surface area (Å²) in [5.41, 5.74) is 0. The first-order valence-electron chi connectivity index (χ1n) is 7.89. The highest BCUT2D eigenvalue weighted by Gasteiger charge is 2.40. The normalized spacial score (nSPS) is 22.1. The molecule has 1 spiro atoms. The molecule has 0 aromatic heterocycles. The van der Waals surface area contributed by atoms with Gasteiger partial charge in [-0.1, -0.05) is 0 Å². The zero-order valence-corrected chi connectivity index (χ0v) is 13.0. The molecule has 124 valence electrons. The summed E-state index contributed by atoms with van der Waals surface area (Å²) >= 11 is 0. The van der Waals surface area contributed by atoms with Crippen molar-refractivity contribution in [3.63, 3.8) is 0 Å². The molecule has 1 heterocycles. The predicted octanol–water partition coefficient (Wildman–Crippen LogP) is 1.37. The molecular weight excluding hydrogens is 276 g/mol. The molecule has 1 aliphatic carbocycles. The van der Waals surface area contributed by atoms with Crippen LogP contribution in [0.1, 0.15) is 25.7 Å². The molecule has 0 amide bonds. The van der Waals surface area contributed by atoms with Crippen LogP contribution in [0.4, 0.5) is 0 Å². The van der Waals surface area contributed by atoms with Crippen LogP contribution in [0.25, 0.3) is 0 Å². The second-order valence-corrected chi connectivity index (χ2v) is 5.40. The van der Waals surface area contributed by atoms with E-state index in [1.807, 2.05) is 0 Å². The van der Waals surface area contributed by atoms with Gasteiger partial charge in [-0.25, -0.2) is 0 Å². The van der Waals surface area contributed by atoms with Gasteiger partial charge in [0.2, 0.25) is 0 Å². The predicted molar refractivity (Wildman–Crippen MR) is 76.4 cm³/mol. The van der Waals surface area contributed by atoms with Crippen molar-refractivity contribution in [1.29, 1.82) is 0 Å². The van der Waals surface area contributed by atoms with Gasteiger partial charge in [0.15, 0.2) is 5.79 Å². The van der Waals surface area contributed by atoms with E-state index < -0.39 is 0 Å². The summed E-state index contributed by atoms with van der Waals surface area (Å²) in [7, 11) is 1.66. The molecule has 0 N–H and O–H groups in total. The minimum Gasteiger partial charge on any atom is -0.382 e.